The van der Waals surface area contributed by atoms with Crippen molar-refractivity contribution in [3.05, 3.63) is 29.8 Å². The second kappa shape index (κ2) is 7.11. The number of carbonyl (C=O) groups is 1. The third-order valence-corrected chi connectivity index (χ3v) is 2.94. The lowest BCUT2D eigenvalue weighted by molar-refractivity contribution is -0.0317. The summed E-state index contributed by atoms with van der Waals surface area (Å²) in [7, 11) is 0. The van der Waals surface area contributed by atoms with E-state index in [2.05, 4.69) is 12.3 Å². The molecule has 106 valence electrons. The van der Waals surface area contributed by atoms with Crippen LogP contribution in [0.25, 0.3) is 0 Å². The second-order valence-electron chi connectivity index (χ2n) is 4.81. The molecule has 0 saturated heterocycles. The minimum absolute atomic E-state index is 0.119. The highest BCUT2D eigenvalue weighted by molar-refractivity contribution is 5.93. The molecule has 19 heavy (non-hydrogen) atoms. The summed E-state index contributed by atoms with van der Waals surface area (Å²) in [6.45, 7) is 7.19. The first kappa shape index (κ1) is 15.5. The maximum absolute atomic E-state index is 11.2. The van der Waals surface area contributed by atoms with Gasteiger partial charge >= 0.3 is 0 Å². The Kier molecular flexibility index (Phi) is 5.79. The van der Waals surface area contributed by atoms with Crippen LogP contribution in [0.2, 0.25) is 0 Å². The molecule has 0 aliphatic rings. The molecule has 0 atom stereocenters. The molecule has 1 rings (SSSR count). The van der Waals surface area contributed by atoms with Crippen molar-refractivity contribution < 1.29 is 14.3 Å². The van der Waals surface area contributed by atoms with Crippen LogP contribution in [0.15, 0.2) is 24.3 Å². The lowest BCUT2D eigenvalue weighted by Crippen LogP contribution is -2.29. The van der Waals surface area contributed by atoms with Crippen LogP contribution in [0.1, 0.15) is 37.6 Å². The van der Waals surface area contributed by atoms with Gasteiger partial charge in [-0.15, -0.1) is 0 Å². The number of nitrogens with one attached hydrogen (secondary N) is 1. The van der Waals surface area contributed by atoms with Crippen LogP contribution < -0.4 is 16.0 Å². The Labute approximate surface area is 114 Å². The van der Waals surface area contributed by atoms with E-state index in [1.165, 1.54) is 0 Å². The average Bonchev–Trinajstić information content (AvgIpc) is 2.43. The summed E-state index contributed by atoms with van der Waals surface area (Å²) < 4.78 is 11.2. The smallest absolute Gasteiger partial charge is 0.265 e. The Bertz CT molecular complexity index is 402. The van der Waals surface area contributed by atoms with Gasteiger partial charge in [-0.3, -0.25) is 10.2 Å². The zero-order valence-electron chi connectivity index (χ0n) is 11.7. The Morgan fingerprint density at radius 1 is 1.26 bits per heavy atom. The zero-order valence-corrected chi connectivity index (χ0v) is 11.7. The zero-order chi connectivity index (χ0) is 14.3. The fraction of sp³-hybridized carbons (Fsp3) is 0.500. The van der Waals surface area contributed by atoms with Gasteiger partial charge in [-0.2, -0.15) is 0 Å². The van der Waals surface area contributed by atoms with E-state index < -0.39 is 0 Å². The second-order valence-corrected chi connectivity index (χ2v) is 4.81. The largest absolute Gasteiger partial charge is 0.491 e. The Morgan fingerprint density at radius 3 is 2.42 bits per heavy atom. The standard InChI is InChI=1S/C14H22N2O3/c1-4-14(2,3)19-10-9-18-12-7-5-11(6-8-12)13(17)16-15/h5-8H,4,9-10,15H2,1-3H3,(H,16,17). The molecular formula is C14H22N2O3. The molecule has 0 heterocycles. The number of benzene rings is 1. The molecule has 0 bridgehead atoms. The summed E-state index contributed by atoms with van der Waals surface area (Å²) in [6.07, 6.45) is 0.954. The van der Waals surface area contributed by atoms with Crippen molar-refractivity contribution in [2.75, 3.05) is 13.2 Å². The Morgan fingerprint density at radius 2 is 1.89 bits per heavy atom. The molecule has 1 amide bonds. The highest BCUT2D eigenvalue weighted by Gasteiger charge is 2.14. The van der Waals surface area contributed by atoms with Crippen molar-refractivity contribution in [3.63, 3.8) is 0 Å². The molecule has 0 saturated carbocycles. The molecule has 3 N–H and O–H groups in total. The van der Waals surface area contributed by atoms with Gasteiger partial charge < -0.3 is 9.47 Å². The molecule has 0 fully saturated rings. The van der Waals surface area contributed by atoms with Gasteiger partial charge in [0.2, 0.25) is 0 Å². The molecule has 0 unspecified atom stereocenters. The molecule has 0 spiro atoms. The molecule has 0 aromatic heterocycles. The van der Waals surface area contributed by atoms with Crippen molar-refractivity contribution in [2.45, 2.75) is 32.8 Å². The third-order valence-electron chi connectivity index (χ3n) is 2.94. The fourth-order valence-corrected chi connectivity index (χ4v) is 1.37. The Hall–Kier alpha value is -1.59. The molecule has 0 aliphatic carbocycles. The third kappa shape index (κ3) is 5.28. The van der Waals surface area contributed by atoms with Crippen LogP contribution in [-0.2, 0) is 4.74 Å². The molecule has 5 heteroatoms. The van der Waals surface area contributed by atoms with E-state index in [0.717, 1.165) is 6.42 Å². The van der Waals surface area contributed by atoms with Crippen LogP contribution in [0.4, 0.5) is 0 Å². The number of ether oxygens (including phenoxy) is 2. The molecule has 1 aromatic rings. The number of nitrogen functional groups attached to an aromatic ring is 1. The lowest BCUT2D eigenvalue weighted by atomic mass is 10.1. The van der Waals surface area contributed by atoms with Crippen molar-refractivity contribution in [1.29, 1.82) is 0 Å². The van der Waals surface area contributed by atoms with E-state index >= 15 is 0 Å². The summed E-state index contributed by atoms with van der Waals surface area (Å²) in [4.78, 5) is 11.2. The van der Waals surface area contributed by atoms with Gasteiger partial charge in [0.15, 0.2) is 0 Å². The lowest BCUT2D eigenvalue weighted by Gasteiger charge is -2.23. The van der Waals surface area contributed by atoms with E-state index in [1.807, 2.05) is 13.8 Å². The van der Waals surface area contributed by atoms with E-state index in [-0.39, 0.29) is 11.5 Å². The highest BCUT2D eigenvalue weighted by atomic mass is 16.5. The molecule has 0 radical (unpaired) electrons. The van der Waals surface area contributed by atoms with Gasteiger partial charge in [-0.1, -0.05) is 6.92 Å². The van der Waals surface area contributed by atoms with Crippen LogP contribution in [0.3, 0.4) is 0 Å². The fourth-order valence-electron chi connectivity index (χ4n) is 1.37. The van der Waals surface area contributed by atoms with Gasteiger partial charge in [0, 0.05) is 5.56 Å². The summed E-state index contributed by atoms with van der Waals surface area (Å²) in [5, 5.41) is 0. The predicted octanol–water partition coefficient (Wildman–Crippen LogP) is 1.87. The number of rotatable bonds is 7. The monoisotopic (exact) mass is 266 g/mol. The van der Waals surface area contributed by atoms with Gasteiger partial charge in [-0.25, -0.2) is 5.84 Å². The van der Waals surface area contributed by atoms with Gasteiger partial charge in [0.05, 0.1) is 12.2 Å². The maximum atomic E-state index is 11.2. The van der Waals surface area contributed by atoms with E-state index in [0.29, 0.717) is 24.5 Å². The van der Waals surface area contributed by atoms with Crippen molar-refractivity contribution >= 4 is 5.91 Å². The minimum atomic E-state index is -0.320. The predicted molar refractivity (Wildman–Crippen MR) is 73.9 cm³/mol. The minimum Gasteiger partial charge on any atom is -0.491 e. The number of hydrogen-bond donors (Lipinski definition) is 2. The van der Waals surface area contributed by atoms with E-state index in [9.17, 15) is 4.79 Å². The van der Waals surface area contributed by atoms with Crippen LogP contribution in [0, 0.1) is 0 Å². The quantitative estimate of drug-likeness (QED) is 0.342. The van der Waals surface area contributed by atoms with Crippen molar-refractivity contribution in [1.82, 2.24) is 5.43 Å². The van der Waals surface area contributed by atoms with Crippen LogP contribution >= 0.6 is 0 Å². The first-order valence-electron chi connectivity index (χ1n) is 6.36. The van der Waals surface area contributed by atoms with Crippen molar-refractivity contribution in [2.24, 2.45) is 5.84 Å². The highest BCUT2D eigenvalue weighted by Crippen LogP contribution is 2.14. The number of hydrogen-bond acceptors (Lipinski definition) is 4. The summed E-state index contributed by atoms with van der Waals surface area (Å²) in [6, 6.07) is 6.79. The number of hydrazine groups is 1. The summed E-state index contributed by atoms with van der Waals surface area (Å²) >= 11 is 0. The summed E-state index contributed by atoms with van der Waals surface area (Å²) in [5.41, 5.74) is 2.46. The first-order valence-corrected chi connectivity index (χ1v) is 6.36. The summed E-state index contributed by atoms with van der Waals surface area (Å²) in [5.74, 6) is 5.43. The first-order chi connectivity index (χ1) is 8.98. The maximum Gasteiger partial charge on any atom is 0.265 e. The molecule has 1 aromatic carbocycles. The van der Waals surface area contributed by atoms with Gasteiger partial charge in [0.25, 0.3) is 5.91 Å². The number of amides is 1. The normalized spacial score (nSPS) is 11.2. The molecular weight excluding hydrogens is 244 g/mol. The Balaban J connectivity index is 2.36. The molecule has 5 nitrogen and oxygen atoms in total. The van der Waals surface area contributed by atoms with Crippen molar-refractivity contribution in [3.8, 4) is 5.75 Å². The SMILES string of the molecule is CCC(C)(C)OCCOc1ccc(C(=O)NN)cc1. The molecule has 0 aliphatic heterocycles. The van der Waals surface area contributed by atoms with Crippen LogP contribution in [0.5, 0.6) is 5.75 Å². The number of carbonyl (C=O) groups excluding carboxylic acids is 1. The van der Waals surface area contributed by atoms with Gasteiger partial charge in [-0.05, 0) is 44.5 Å². The average molecular weight is 266 g/mol. The topological polar surface area (TPSA) is 73.6 Å². The van der Waals surface area contributed by atoms with E-state index in [4.69, 9.17) is 15.3 Å². The van der Waals surface area contributed by atoms with E-state index in [1.54, 1.807) is 24.3 Å². The van der Waals surface area contributed by atoms with Gasteiger partial charge in [0.1, 0.15) is 12.4 Å². The number of nitrogens with two attached hydrogens (primary N) is 1. The van der Waals surface area contributed by atoms with Crippen LogP contribution in [-0.4, -0.2) is 24.7 Å².